The molecule has 0 bridgehead atoms. The number of Topliss-reactive ketones (excluding diaryl/α,β-unsaturated/α-hetero) is 1. The van der Waals surface area contributed by atoms with Gasteiger partial charge in [-0.3, -0.25) is 9.48 Å². The van der Waals surface area contributed by atoms with Gasteiger partial charge in [-0.15, -0.1) is 5.10 Å². The minimum Gasteiger partial charge on any atom is -0.300 e. The largest absolute Gasteiger partial charge is 0.300 e. The number of hydrogen-bond acceptors (Lipinski definition) is 3. The smallest absolute Gasteiger partial charge is 0.132 e. The van der Waals surface area contributed by atoms with Gasteiger partial charge in [0.1, 0.15) is 5.78 Å². The summed E-state index contributed by atoms with van der Waals surface area (Å²) in [7, 11) is 0. The van der Waals surface area contributed by atoms with Gasteiger partial charge in [-0.25, -0.2) is 0 Å². The van der Waals surface area contributed by atoms with E-state index < -0.39 is 0 Å². The Morgan fingerprint density at radius 1 is 1.00 bits per heavy atom. The highest BCUT2D eigenvalue weighted by Crippen LogP contribution is 2.07. The summed E-state index contributed by atoms with van der Waals surface area (Å²) in [5, 5.41) is 8.39. The lowest BCUT2D eigenvalue weighted by molar-refractivity contribution is -0.119. The van der Waals surface area contributed by atoms with Gasteiger partial charge in [0.15, 0.2) is 0 Å². The lowest BCUT2D eigenvalue weighted by Crippen LogP contribution is -1.98. The lowest BCUT2D eigenvalue weighted by Gasteiger charge is -2.00. The molecule has 0 saturated heterocycles. The van der Waals surface area contributed by atoms with E-state index in [9.17, 15) is 4.79 Å². The summed E-state index contributed by atoms with van der Waals surface area (Å²) in [6.45, 7) is 5.27. The molecule has 0 radical (unpaired) electrons. The summed E-state index contributed by atoms with van der Waals surface area (Å²) in [4.78, 5) is 11.4. The van der Waals surface area contributed by atoms with Crippen molar-refractivity contribution >= 4 is 5.78 Å². The second-order valence-electron chi connectivity index (χ2n) is 5.88. The first-order valence-corrected chi connectivity index (χ1v) is 8.67. The van der Waals surface area contributed by atoms with Crippen LogP contribution < -0.4 is 0 Å². The molecule has 1 aromatic heterocycles. The van der Waals surface area contributed by atoms with Crippen molar-refractivity contribution in [3.8, 4) is 0 Å². The minimum absolute atomic E-state index is 0.397. The van der Waals surface area contributed by atoms with E-state index in [0.29, 0.717) is 5.78 Å². The number of nitrogens with zero attached hydrogens (tertiary/aromatic N) is 3. The molecule has 21 heavy (non-hydrogen) atoms. The Morgan fingerprint density at radius 3 is 2.57 bits per heavy atom. The molecule has 0 aromatic carbocycles. The van der Waals surface area contributed by atoms with Crippen LogP contribution in [0.15, 0.2) is 6.20 Å². The van der Waals surface area contributed by atoms with Crippen LogP contribution in [0.4, 0.5) is 0 Å². The van der Waals surface area contributed by atoms with E-state index in [1.165, 1.54) is 32.1 Å². The highest BCUT2D eigenvalue weighted by molar-refractivity contribution is 5.78. The molecule has 0 aliphatic rings. The predicted molar refractivity (Wildman–Crippen MR) is 86.3 cm³/mol. The van der Waals surface area contributed by atoms with Gasteiger partial charge in [-0.05, 0) is 32.1 Å². The molecule has 1 heterocycles. The zero-order valence-corrected chi connectivity index (χ0v) is 13.8. The van der Waals surface area contributed by atoms with Gasteiger partial charge >= 0.3 is 0 Å². The molecule has 0 spiro atoms. The summed E-state index contributed by atoms with van der Waals surface area (Å²) in [5.74, 6) is 0.397. The number of carbonyl (C=O) groups excluding carboxylic acids is 1. The summed E-state index contributed by atoms with van der Waals surface area (Å²) < 4.78 is 1.96. The van der Waals surface area contributed by atoms with Gasteiger partial charge in [0.05, 0.1) is 5.69 Å². The van der Waals surface area contributed by atoms with Gasteiger partial charge in [0.2, 0.25) is 0 Å². The maximum absolute atomic E-state index is 11.4. The van der Waals surface area contributed by atoms with Crippen molar-refractivity contribution in [3.05, 3.63) is 11.9 Å². The summed E-state index contributed by atoms with van der Waals surface area (Å²) in [6.07, 6.45) is 13.8. The van der Waals surface area contributed by atoms with Crippen molar-refractivity contribution in [2.75, 3.05) is 0 Å². The maximum atomic E-state index is 11.4. The first-order chi connectivity index (χ1) is 10.3. The predicted octanol–water partition coefficient (Wildman–Crippen LogP) is 4.33. The number of carbonyl (C=O) groups is 1. The van der Waals surface area contributed by atoms with Crippen LogP contribution in [0, 0.1) is 0 Å². The van der Waals surface area contributed by atoms with Crippen molar-refractivity contribution < 1.29 is 4.79 Å². The molecule has 0 aliphatic heterocycles. The molecule has 0 N–H and O–H groups in total. The van der Waals surface area contributed by atoms with Crippen LogP contribution in [-0.4, -0.2) is 20.8 Å². The second kappa shape index (κ2) is 11.5. The van der Waals surface area contributed by atoms with Crippen LogP contribution in [0.5, 0.6) is 0 Å². The summed E-state index contributed by atoms with van der Waals surface area (Å²) in [5.41, 5.74) is 1.06. The number of hydrogen-bond donors (Lipinski definition) is 0. The van der Waals surface area contributed by atoms with Crippen LogP contribution in [-0.2, 0) is 17.8 Å². The van der Waals surface area contributed by atoms with E-state index >= 15 is 0 Å². The van der Waals surface area contributed by atoms with E-state index in [2.05, 4.69) is 30.4 Å². The zero-order valence-electron chi connectivity index (χ0n) is 13.8. The third-order valence-corrected chi connectivity index (χ3v) is 3.74. The third kappa shape index (κ3) is 8.64. The van der Waals surface area contributed by atoms with Crippen molar-refractivity contribution in [2.24, 2.45) is 0 Å². The first-order valence-electron chi connectivity index (χ1n) is 8.67. The molecule has 0 saturated carbocycles. The normalized spacial score (nSPS) is 11.0. The zero-order chi connectivity index (χ0) is 15.3. The van der Waals surface area contributed by atoms with Gasteiger partial charge in [-0.1, -0.05) is 44.7 Å². The highest BCUT2D eigenvalue weighted by atomic mass is 16.1. The van der Waals surface area contributed by atoms with Crippen LogP contribution >= 0.6 is 0 Å². The maximum Gasteiger partial charge on any atom is 0.132 e. The van der Waals surface area contributed by atoms with E-state index in [-0.39, 0.29) is 0 Å². The molecular weight excluding hydrogens is 262 g/mol. The van der Waals surface area contributed by atoms with Crippen molar-refractivity contribution in [1.82, 2.24) is 15.0 Å². The molecule has 4 nitrogen and oxygen atoms in total. The summed E-state index contributed by atoms with van der Waals surface area (Å²) >= 11 is 0. The first kappa shape index (κ1) is 17.9. The van der Waals surface area contributed by atoms with Crippen molar-refractivity contribution in [3.63, 3.8) is 0 Å². The van der Waals surface area contributed by atoms with Crippen LogP contribution in [0.25, 0.3) is 0 Å². The Hall–Kier alpha value is -1.19. The monoisotopic (exact) mass is 293 g/mol. The quantitative estimate of drug-likeness (QED) is 0.509. The fourth-order valence-electron chi connectivity index (χ4n) is 2.47. The average molecular weight is 293 g/mol. The van der Waals surface area contributed by atoms with E-state index in [1.807, 2.05) is 4.68 Å². The minimum atomic E-state index is 0.397. The molecule has 0 fully saturated rings. The van der Waals surface area contributed by atoms with Gasteiger partial charge in [0, 0.05) is 25.6 Å². The van der Waals surface area contributed by atoms with Gasteiger partial charge in [-0.2, -0.15) is 0 Å². The standard InChI is InChI=1S/C17H31N3O/c1-3-5-6-7-10-14-20-15-16(18-19-20)12-8-9-13-17(21)11-4-2/h15H,3-14H2,1-2H3. The second-order valence-corrected chi connectivity index (χ2v) is 5.88. The van der Waals surface area contributed by atoms with Crippen molar-refractivity contribution in [1.29, 1.82) is 0 Å². The summed E-state index contributed by atoms with van der Waals surface area (Å²) in [6, 6.07) is 0. The molecule has 1 rings (SSSR count). The number of aryl methyl sites for hydroxylation is 2. The lowest BCUT2D eigenvalue weighted by atomic mass is 10.1. The fourth-order valence-corrected chi connectivity index (χ4v) is 2.47. The number of ketones is 1. The van der Waals surface area contributed by atoms with E-state index in [0.717, 1.165) is 50.8 Å². The molecule has 0 unspecified atom stereocenters. The van der Waals surface area contributed by atoms with Crippen molar-refractivity contribution in [2.45, 2.75) is 91.0 Å². The molecule has 0 atom stereocenters. The van der Waals surface area contributed by atoms with E-state index in [1.54, 1.807) is 0 Å². The number of aromatic nitrogens is 3. The third-order valence-electron chi connectivity index (χ3n) is 3.74. The SMILES string of the molecule is CCCCCCCn1cc(CCCCC(=O)CCC)nn1. The van der Waals surface area contributed by atoms with Crippen LogP contribution in [0.3, 0.4) is 0 Å². The fraction of sp³-hybridized carbons (Fsp3) is 0.824. The molecule has 1 aromatic rings. The Kier molecular flexibility index (Phi) is 9.75. The van der Waals surface area contributed by atoms with Gasteiger partial charge in [0.25, 0.3) is 0 Å². The molecule has 0 amide bonds. The average Bonchev–Trinajstić information content (AvgIpc) is 2.92. The Balaban J connectivity index is 2.10. The molecule has 0 aliphatic carbocycles. The Labute approximate surface area is 129 Å². The Morgan fingerprint density at radius 2 is 1.81 bits per heavy atom. The van der Waals surface area contributed by atoms with E-state index in [4.69, 9.17) is 0 Å². The van der Waals surface area contributed by atoms with Gasteiger partial charge < -0.3 is 0 Å². The number of unbranched alkanes of at least 4 members (excludes halogenated alkanes) is 5. The number of rotatable bonds is 13. The highest BCUT2D eigenvalue weighted by Gasteiger charge is 2.03. The van der Waals surface area contributed by atoms with Crippen LogP contribution in [0.1, 0.15) is 83.7 Å². The molecule has 120 valence electrons. The topological polar surface area (TPSA) is 47.8 Å². The Bertz CT molecular complexity index is 387. The van der Waals surface area contributed by atoms with Crippen LogP contribution in [0.2, 0.25) is 0 Å². The molecular formula is C17H31N3O. The molecule has 4 heteroatoms.